The van der Waals surface area contributed by atoms with Crippen LogP contribution in [0.5, 0.6) is 11.5 Å². The van der Waals surface area contributed by atoms with Crippen molar-refractivity contribution in [2.45, 2.75) is 57.2 Å². The molecule has 0 aromatic heterocycles. The number of nitrogens with one attached hydrogen (secondary N) is 1. The van der Waals surface area contributed by atoms with Gasteiger partial charge in [0, 0.05) is 19.0 Å². The van der Waals surface area contributed by atoms with Gasteiger partial charge >= 0.3 is 0 Å². The van der Waals surface area contributed by atoms with Crippen LogP contribution in [-0.4, -0.2) is 31.0 Å². The van der Waals surface area contributed by atoms with Crippen LogP contribution in [0.2, 0.25) is 0 Å². The maximum Gasteiger partial charge on any atom is 0.161 e. The van der Waals surface area contributed by atoms with Crippen molar-refractivity contribution in [3.05, 3.63) is 23.8 Å². The van der Waals surface area contributed by atoms with Gasteiger partial charge in [0.15, 0.2) is 11.5 Å². The zero-order valence-electron chi connectivity index (χ0n) is 13.8. The number of aliphatic hydroxyl groups is 1. The second kappa shape index (κ2) is 9.39. The first-order valence-electron chi connectivity index (χ1n) is 8.32. The molecule has 1 aromatic rings. The molecule has 0 radical (unpaired) electrons. The maximum atomic E-state index is 10.0. The van der Waals surface area contributed by atoms with E-state index in [1.165, 1.54) is 6.42 Å². The lowest BCUT2D eigenvalue weighted by Crippen LogP contribution is -2.41. The summed E-state index contributed by atoms with van der Waals surface area (Å²) >= 11 is 0. The monoisotopic (exact) mass is 318 g/mol. The molecule has 2 rings (SSSR count). The largest absolute Gasteiger partial charge is 0.493 e. The third-order valence-electron chi connectivity index (χ3n) is 4.22. The smallest absolute Gasteiger partial charge is 0.161 e. The van der Waals surface area contributed by atoms with E-state index in [4.69, 9.17) is 14.7 Å². The van der Waals surface area contributed by atoms with Gasteiger partial charge in [-0.2, -0.15) is 5.26 Å². The van der Waals surface area contributed by atoms with Crippen molar-refractivity contribution in [3.8, 4) is 17.6 Å². The summed E-state index contributed by atoms with van der Waals surface area (Å²) in [6.45, 7) is 1.20. The molecule has 1 saturated carbocycles. The highest BCUT2D eigenvalue weighted by Crippen LogP contribution is 2.28. The van der Waals surface area contributed by atoms with E-state index in [1.807, 2.05) is 18.2 Å². The van der Waals surface area contributed by atoms with E-state index < -0.39 is 0 Å². The maximum absolute atomic E-state index is 10.0. The van der Waals surface area contributed by atoms with Crippen LogP contribution in [0.15, 0.2) is 18.2 Å². The highest BCUT2D eigenvalue weighted by atomic mass is 16.5. The van der Waals surface area contributed by atoms with Crippen molar-refractivity contribution in [3.63, 3.8) is 0 Å². The standard InChI is InChI=1S/C18H26N2O3/c1-22-17-9-8-14(12-18(17)23-11-5-4-10-19)13-20-15-6-2-3-7-16(15)21/h8-9,12,15-16,20-21H,2-7,11,13H2,1H3. The highest BCUT2D eigenvalue weighted by Gasteiger charge is 2.22. The van der Waals surface area contributed by atoms with Crippen LogP contribution in [0.25, 0.3) is 0 Å². The topological polar surface area (TPSA) is 74.5 Å². The van der Waals surface area contributed by atoms with E-state index in [0.717, 1.165) is 24.8 Å². The molecule has 0 aliphatic heterocycles. The number of methoxy groups -OCH3 is 1. The van der Waals surface area contributed by atoms with Gasteiger partial charge in [0.25, 0.3) is 0 Å². The summed E-state index contributed by atoms with van der Waals surface area (Å²) in [5, 5.41) is 22.0. The Morgan fingerprint density at radius 3 is 2.87 bits per heavy atom. The van der Waals surface area contributed by atoms with Crippen molar-refractivity contribution < 1.29 is 14.6 Å². The first-order chi connectivity index (χ1) is 11.2. The van der Waals surface area contributed by atoms with Gasteiger partial charge in [-0.15, -0.1) is 0 Å². The second-order valence-electron chi connectivity index (χ2n) is 5.93. The Hall–Kier alpha value is -1.77. The molecule has 0 amide bonds. The van der Waals surface area contributed by atoms with Gasteiger partial charge in [-0.25, -0.2) is 0 Å². The third-order valence-corrected chi connectivity index (χ3v) is 4.22. The fraction of sp³-hybridized carbons (Fsp3) is 0.611. The van der Waals surface area contributed by atoms with Crippen molar-refractivity contribution in [1.29, 1.82) is 5.26 Å². The number of nitriles is 1. The normalized spacial score (nSPS) is 20.7. The van der Waals surface area contributed by atoms with Gasteiger partial charge in [-0.3, -0.25) is 0 Å². The highest BCUT2D eigenvalue weighted by molar-refractivity contribution is 5.43. The molecule has 2 atom stereocenters. The minimum Gasteiger partial charge on any atom is -0.493 e. The molecule has 2 unspecified atom stereocenters. The molecular weight excluding hydrogens is 292 g/mol. The molecule has 0 heterocycles. The number of ether oxygens (including phenoxy) is 2. The molecule has 0 spiro atoms. The first-order valence-corrected chi connectivity index (χ1v) is 8.32. The van der Waals surface area contributed by atoms with E-state index in [9.17, 15) is 5.11 Å². The molecule has 1 aliphatic rings. The molecule has 0 bridgehead atoms. The van der Waals surface area contributed by atoms with Gasteiger partial charge in [0.2, 0.25) is 0 Å². The van der Waals surface area contributed by atoms with Crippen molar-refractivity contribution in [2.24, 2.45) is 0 Å². The van der Waals surface area contributed by atoms with Crippen LogP contribution in [0.3, 0.4) is 0 Å². The first kappa shape index (κ1) is 17.6. The van der Waals surface area contributed by atoms with Gasteiger partial charge in [0.05, 0.1) is 25.9 Å². The molecule has 1 aliphatic carbocycles. The molecule has 23 heavy (non-hydrogen) atoms. The Morgan fingerprint density at radius 1 is 1.30 bits per heavy atom. The molecule has 1 fully saturated rings. The van der Waals surface area contributed by atoms with Crippen LogP contribution >= 0.6 is 0 Å². The summed E-state index contributed by atoms with van der Waals surface area (Å²) in [4.78, 5) is 0. The summed E-state index contributed by atoms with van der Waals surface area (Å²) in [5.74, 6) is 1.40. The Labute approximate surface area is 138 Å². The lowest BCUT2D eigenvalue weighted by Gasteiger charge is -2.28. The molecular formula is C18H26N2O3. The van der Waals surface area contributed by atoms with Gasteiger partial charge in [-0.1, -0.05) is 18.9 Å². The van der Waals surface area contributed by atoms with E-state index in [1.54, 1.807) is 7.11 Å². The Bertz CT molecular complexity index is 527. The molecule has 2 N–H and O–H groups in total. The average molecular weight is 318 g/mol. The molecule has 126 valence electrons. The quantitative estimate of drug-likeness (QED) is 0.721. The number of rotatable bonds is 8. The second-order valence-corrected chi connectivity index (χ2v) is 5.93. The van der Waals surface area contributed by atoms with E-state index >= 15 is 0 Å². The third kappa shape index (κ3) is 5.42. The van der Waals surface area contributed by atoms with Crippen LogP contribution < -0.4 is 14.8 Å². The van der Waals surface area contributed by atoms with Crippen molar-refractivity contribution >= 4 is 0 Å². The molecule has 0 saturated heterocycles. The van der Waals surface area contributed by atoms with E-state index in [2.05, 4.69) is 11.4 Å². The summed E-state index contributed by atoms with van der Waals surface area (Å²) in [7, 11) is 1.62. The average Bonchev–Trinajstić information content (AvgIpc) is 2.58. The Kier molecular flexibility index (Phi) is 7.18. The number of hydrogen-bond donors (Lipinski definition) is 2. The van der Waals surface area contributed by atoms with Crippen LogP contribution in [0.1, 0.15) is 44.1 Å². The fourth-order valence-corrected chi connectivity index (χ4v) is 2.88. The number of nitrogens with zero attached hydrogens (tertiary/aromatic N) is 1. The zero-order chi connectivity index (χ0) is 16.5. The minimum atomic E-state index is -0.247. The predicted molar refractivity (Wildman–Crippen MR) is 88.4 cm³/mol. The van der Waals surface area contributed by atoms with Gasteiger partial charge < -0.3 is 19.9 Å². The summed E-state index contributed by atoms with van der Waals surface area (Å²) in [5.41, 5.74) is 1.10. The lowest BCUT2D eigenvalue weighted by atomic mass is 9.92. The Balaban J connectivity index is 1.92. The van der Waals surface area contributed by atoms with Crippen molar-refractivity contribution in [2.75, 3.05) is 13.7 Å². The number of benzene rings is 1. The summed E-state index contributed by atoms with van der Waals surface area (Å²) in [6, 6.07) is 8.15. The molecule has 5 nitrogen and oxygen atoms in total. The number of unbranched alkanes of at least 4 members (excludes halogenated alkanes) is 1. The summed E-state index contributed by atoms with van der Waals surface area (Å²) in [6.07, 6.45) is 5.14. The van der Waals surface area contributed by atoms with Gasteiger partial charge in [0.1, 0.15) is 0 Å². The van der Waals surface area contributed by atoms with Crippen LogP contribution in [0.4, 0.5) is 0 Å². The SMILES string of the molecule is COc1ccc(CNC2CCCCC2O)cc1OCCCC#N. The molecule has 1 aromatic carbocycles. The predicted octanol–water partition coefficient (Wildman–Crippen LogP) is 2.77. The van der Waals surface area contributed by atoms with Crippen LogP contribution in [0, 0.1) is 11.3 Å². The fourth-order valence-electron chi connectivity index (χ4n) is 2.88. The van der Waals surface area contributed by atoms with Crippen LogP contribution in [-0.2, 0) is 6.54 Å². The molecule has 5 heteroatoms. The zero-order valence-corrected chi connectivity index (χ0v) is 13.8. The number of hydrogen-bond acceptors (Lipinski definition) is 5. The Morgan fingerprint density at radius 2 is 2.13 bits per heavy atom. The summed E-state index contributed by atoms with van der Waals surface area (Å²) < 4.78 is 11.0. The van der Waals surface area contributed by atoms with Crippen molar-refractivity contribution in [1.82, 2.24) is 5.32 Å². The lowest BCUT2D eigenvalue weighted by molar-refractivity contribution is 0.0902. The van der Waals surface area contributed by atoms with E-state index in [0.29, 0.717) is 37.5 Å². The number of aliphatic hydroxyl groups excluding tert-OH is 1. The van der Waals surface area contributed by atoms with Gasteiger partial charge in [-0.05, 0) is 37.0 Å². The minimum absolute atomic E-state index is 0.172. The van der Waals surface area contributed by atoms with E-state index in [-0.39, 0.29) is 12.1 Å².